The van der Waals surface area contributed by atoms with Crippen LogP contribution >= 0.6 is 11.3 Å². The fourth-order valence-corrected chi connectivity index (χ4v) is 5.05. The summed E-state index contributed by atoms with van der Waals surface area (Å²) in [4.78, 5) is 19.7. The van der Waals surface area contributed by atoms with Crippen molar-refractivity contribution in [3.05, 3.63) is 87.9 Å². The summed E-state index contributed by atoms with van der Waals surface area (Å²) in [6, 6.07) is 6.34. The van der Waals surface area contributed by atoms with Crippen molar-refractivity contribution in [1.82, 2.24) is 35.0 Å². The first-order valence-corrected chi connectivity index (χ1v) is 12.2. The molecule has 35 heavy (non-hydrogen) atoms. The lowest BCUT2D eigenvalue weighted by atomic mass is 10.0. The van der Waals surface area contributed by atoms with Gasteiger partial charge in [-0.05, 0) is 60.3 Å². The van der Waals surface area contributed by atoms with E-state index < -0.39 is 0 Å². The third kappa shape index (κ3) is 4.05. The van der Waals surface area contributed by atoms with Crippen LogP contribution in [0.25, 0.3) is 39.3 Å². The number of nitrogens with one attached hydrogen (secondary N) is 2. The van der Waals surface area contributed by atoms with Gasteiger partial charge in [-0.2, -0.15) is 16.4 Å². The van der Waals surface area contributed by atoms with E-state index in [1.807, 2.05) is 44.8 Å². The number of hydrogen-bond acceptors (Lipinski definition) is 7. The van der Waals surface area contributed by atoms with E-state index in [4.69, 9.17) is 10.7 Å². The zero-order valence-corrected chi connectivity index (χ0v) is 20.2. The number of fused-ring (bicyclic) bond motifs is 2. The van der Waals surface area contributed by atoms with Crippen molar-refractivity contribution in [3.63, 3.8) is 0 Å². The van der Waals surface area contributed by atoms with E-state index >= 15 is 0 Å². The van der Waals surface area contributed by atoms with Gasteiger partial charge in [-0.1, -0.05) is 6.08 Å². The Bertz CT molecular complexity index is 1590. The lowest BCUT2D eigenvalue weighted by Crippen LogP contribution is -2.10. The molecule has 0 saturated heterocycles. The Morgan fingerprint density at radius 2 is 1.97 bits per heavy atom. The van der Waals surface area contributed by atoms with Crippen molar-refractivity contribution in [2.45, 2.75) is 13.0 Å². The zero-order valence-electron chi connectivity index (χ0n) is 19.4. The summed E-state index contributed by atoms with van der Waals surface area (Å²) in [6.07, 6.45) is 10.2. The van der Waals surface area contributed by atoms with E-state index in [0.29, 0.717) is 17.9 Å². The maximum atomic E-state index is 6.24. The van der Waals surface area contributed by atoms with Crippen molar-refractivity contribution in [2.24, 2.45) is 5.73 Å². The van der Waals surface area contributed by atoms with Gasteiger partial charge in [0.2, 0.25) is 0 Å². The first kappa shape index (κ1) is 21.5. The van der Waals surface area contributed by atoms with Gasteiger partial charge in [0.15, 0.2) is 11.5 Å². The first-order valence-electron chi connectivity index (χ1n) is 11.3. The van der Waals surface area contributed by atoms with Gasteiger partial charge >= 0.3 is 0 Å². The number of allylic oxidation sites excluding steroid dienone is 3. The van der Waals surface area contributed by atoms with Gasteiger partial charge in [-0.15, -0.1) is 0 Å². The summed E-state index contributed by atoms with van der Waals surface area (Å²) in [5.41, 5.74) is 15.7. The highest BCUT2D eigenvalue weighted by atomic mass is 32.1. The van der Waals surface area contributed by atoms with Crippen LogP contribution < -0.4 is 5.73 Å². The van der Waals surface area contributed by atoms with Gasteiger partial charge in [0.1, 0.15) is 5.69 Å². The van der Waals surface area contributed by atoms with Gasteiger partial charge in [-0.3, -0.25) is 10.1 Å². The second-order valence-electron chi connectivity index (χ2n) is 8.94. The van der Waals surface area contributed by atoms with Crippen molar-refractivity contribution in [2.75, 3.05) is 14.1 Å². The molecule has 1 aliphatic carbocycles. The summed E-state index contributed by atoms with van der Waals surface area (Å²) < 4.78 is 0. The molecule has 0 aliphatic heterocycles. The molecule has 0 bridgehead atoms. The number of thiophene rings is 1. The first-order chi connectivity index (χ1) is 17.0. The molecule has 0 aromatic carbocycles. The maximum absolute atomic E-state index is 6.24. The van der Waals surface area contributed by atoms with Crippen molar-refractivity contribution < 1.29 is 0 Å². The van der Waals surface area contributed by atoms with Crippen LogP contribution in [0.3, 0.4) is 0 Å². The summed E-state index contributed by atoms with van der Waals surface area (Å²) >= 11 is 1.66. The van der Waals surface area contributed by atoms with Crippen molar-refractivity contribution in [3.8, 4) is 22.6 Å². The molecule has 4 N–H and O–H groups in total. The van der Waals surface area contributed by atoms with E-state index in [-0.39, 0.29) is 0 Å². The van der Waals surface area contributed by atoms with E-state index in [0.717, 1.165) is 62.5 Å². The fraction of sp³-hybridized carbons (Fsp3) is 0.154. The second kappa shape index (κ2) is 8.61. The average Bonchev–Trinajstić information content (AvgIpc) is 3.58. The van der Waals surface area contributed by atoms with Crippen LogP contribution in [-0.4, -0.2) is 49.1 Å². The predicted octanol–water partition coefficient (Wildman–Crippen LogP) is 4.36. The van der Waals surface area contributed by atoms with E-state index in [9.17, 15) is 0 Å². The van der Waals surface area contributed by atoms with Gasteiger partial charge in [-0.25, -0.2) is 9.97 Å². The number of nitrogens with two attached hydrogens (primary N) is 1. The number of hydrogen-bond donors (Lipinski definition) is 3. The quantitative estimate of drug-likeness (QED) is 0.344. The minimum atomic E-state index is 0.604. The van der Waals surface area contributed by atoms with Crippen LogP contribution in [0, 0.1) is 0 Å². The Morgan fingerprint density at radius 1 is 1.09 bits per heavy atom. The van der Waals surface area contributed by atoms with Gasteiger partial charge in [0.05, 0.1) is 11.1 Å². The third-order valence-corrected chi connectivity index (χ3v) is 6.67. The molecular formula is C26H24N8S. The molecule has 0 atom stereocenters. The Kier molecular flexibility index (Phi) is 5.28. The minimum Gasteiger partial charge on any atom is -0.402 e. The van der Waals surface area contributed by atoms with Crippen LogP contribution in [0.15, 0.2) is 65.4 Å². The number of pyridine rings is 2. The van der Waals surface area contributed by atoms with Crippen LogP contribution in [0.2, 0.25) is 0 Å². The molecule has 174 valence electrons. The summed E-state index contributed by atoms with van der Waals surface area (Å²) in [6.45, 7) is 0.822. The largest absolute Gasteiger partial charge is 0.402 e. The molecular weight excluding hydrogens is 456 g/mol. The summed E-state index contributed by atoms with van der Waals surface area (Å²) in [7, 11) is 4.09. The highest BCUT2D eigenvalue weighted by molar-refractivity contribution is 7.08. The van der Waals surface area contributed by atoms with Crippen LogP contribution in [0.4, 0.5) is 0 Å². The zero-order chi connectivity index (χ0) is 23.9. The van der Waals surface area contributed by atoms with Crippen molar-refractivity contribution in [1.29, 1.82) is 0 Å². The van der Waals surface area contributed by atoms with E-state index in [1.54, 1.807) is 11.3 Å². The molecule has 0 fully saturated rings. The Hall–Kier alpha value is -4.08. The Balaban J connectivity index is 1.43. The maximum Gasteiger partial charge on any atom is 0.181 e. The van der Waals surface area contributed by atoms with E-state index in [1.165, 1.54) is 0 Å². The smallest absolute Gasteiger partial charge is 0.181 e. The number of aromatic amines is 2. The summed E-state index contributed by atoms with van der Waals surface area (Å²) in [5.74, 6) is 0.715. The molecule has 9 heteroatoms. The summed E-state index contributed by atoms with van der Waals surface area (Å²) in [5, 5.41) is 12.7. The molecule has 0 amide bonds. The monoisotopic (exact) mass is 480 g/mol. The molecule has 0 spiro atoms. The predicted molar refractivity (Wildman–Crippen MR) is 139 cm³/mol. The minimum absolute atomic E-state index is 0.604. The van der Waals surface area contributed by atoms with Crippen LogP contribution in [0.5, 0.6) is 0 Å². The highest BCUT2D eigenvalue weighted by Crippen LogP contribution is 2.34. The topological polar surface area (TPSA) is 112 Å². The number of imidazole rings is 1. The van der Waals surface area contributed by atoms with Gasteiger partial charge in [0.25, 0.3) is 0 Å². The number of aromatic nitrogens is 6. The fourth-order valence-electron chi connectivity index (χ4n) is 4.40. The molecule has 1 aliphatic rings. The molecule has 0 saturated carbocycles. The molecule has 5 aromatic rings. The molecule has 8 nitrogen and oxygen atoms in total. The van der Waals surface area contributed by atoms with Crippen molar-refractivity contribution >= 4 is 27.9 Å². The number of rotatable bonds is 5. The molecule has 5 aromatic heterocycles. The normalized spacial score (nSPS) is 13.6. The number of nitrogens with zero attached hydrogens (tertiary/aromatic N) is 5. The Labute approximate surface area is 206 Å². The average molecular weight is 481 g/mol. The third-order valence-electron chi connectivity index (χ3n) is 5.98. The molecule has 0 radical (unpaired) electrons. The van der Waals surface area contributed by atoms with E-state index in [2.05, 4.69) is 59.0 Å². The molecule has 0 unspecified atom stereocenters. The van der Waals surface area contributed by atoms with Gasteiger partial charge in [0, 0.05) is 59.6 Å². The van der Waals surface area contributed by atoms with Crippen LogP contribution in [-0.2, 0) is 13.0 Å². The molecule has 5 heterocycles. The second-order valence-corrected chi connectivity index (χ2v) is 9.72. The van der Waals surface area contributed by atoms with Gasteiger partial charge < -0.3 is 15.6 Å². The lowest BCUT2D eigenvalue weighted by Gasteiger charge is -2.10. The standard InChI is InChI=1S/C26H24N8S/c1-34(2)13-15-7-17(11-28-10-15)18-8-21-24(32-33-25(21)29-12-18)26-30-22-9-19(27)3-4-20(23(22)31-26)16-5-6-35-14-16/h3-8,10-12,14H,9,13,27H2,1-2H3,(H,30,31)(H,29,32,33). The Morgan fingerprint density at radius 3 is 2.80 bits per heavy atom. The lowest BCUT2D eigenvalue weighted by molar-refractivity contribution is 0.402. The van der Waals surface area contributed by atoms with Crippen LogP contribution in [0.1, 0.15) is 22.5 Å². The highest BCUT2D eigenvalue weighted by Gasteiger charge is 2.21. The number of H-pyrrole nitrogens is 2. The SMILES string of the molecule is CN(C)Cc1cncc(-c2cnc3n[nH]c(-c4nc5c([nH]4)CC(N)=CC=C5c4ccsc4)c3c2)c1. The molecule has 6 rings (SSSR count).